The Kier molecular flexibility index (Phi) is 6.88. The van der Waals surface area contributed by atoms with Crippen molar-refractivity contribution in [1.82, 2.24) is 9.55 Å². The first-order valence-corrected chi connectivity index (χ1v) is 11.8. The van der Waals surface area contributed by atoms with Gasteiger partial charge in [0.1, 0.15) is 0 Å². The standard InChI is InChI=1S/C25H35N3O2/c26-14-4-7-21(25(29)30)16-22-24-13-11-20-15-19(9-8-18-5-2-1-3-6-18)10-12-23(20)28(24)17-27-22/h10,12,15,17-18,21H,1-9,11,13-14,16,26H2,(H,29,30)/t21-/m0/s1. The summed E-state index contributed by atoms with van der Waals surface area (Å²) in [5.74, 6) is -0.236. The van der Waals surface area contributed by atoms with E-state index in [0.29, 0.717) is 19.4 Å². The largest absolute Gasteiger partial charge is 0.481 e. The number of rotatable bonds is 9. The normalized spacial score (nSPS) is 17.4. The van der Waals surface area contributed by atoms with Crippen molar-refractivity contribution in [2.45, 2.75) is 77.0 Å². The van der Waals surface area contributed by atoms with E-state index in [4.69, 9.17) is 5.73 Å². The molecule has 1 aliphatic carbocycles. The molecule has 0 spiro atoms. The van der Waals surface area contributed by atoms with Gasteiger partial charge in [-0.25, -0.2) is 4.98 Å². The van der Waals surface area contributed by atoms with Gasteiger partial charge in [-0.05, 0) is 68.2 Å². The molecule has 0 amide bonds. The lowest BCUT2D eigenvalue weighted by molar-refractivity contribution is -0.142. The maximum Gasteiger partial charge on any atom is 0.306 e. The summed E-state index contributed by atoms with van der Waals surface area (Å²) < 4.78 is 2.18. The fraction of sp³-hybridized carbons (Fsp3) is 0.600. The van der Waals surface area contributed by atoms with E-state index in [-0.39, 0.29) is 0 Å². The van der Waals surface area contributed by atoms with Crippen molar-refractivity contribution in [2.24, 2.45) is 17.6 Å². The zero-order valence-electron chi connectivity index (χ0n) is 18.0. The van der Waals surface area contributed by atoms with Crippen LogP contribution in [0.2, 0.25) is 0 Å². The third-order valence-corrected chi connectivity index (χ3v) is 7.10. The van der Waals surface area contributed by atoms with Crippen LogP contribution < -0.4 is 5.73 Å². The van der Waals surface area contributed by atoms with E-state index < -0.39 is 11.9 Å². The molecule has 4 rings (SSSR count). The number of imidazole rings is 1. The summed E-state index contributed by atoms with van der Waals surface area (Å²) in [6, 6.07) is 6.91. The zero-order valence-corrected chi connectivity index (χ0v) is 18.0. The van der Waals surface area contributed by atoms with Crippen LogP contribution in [0.1, 0.15) is 73.9 Å². The lowest BCUT2D eigenvalue weighted by atomic mass is 9.85. The monoisotopic (exact) mass is 409 g/mol. The molecular weight excluding hydrogens is 374 g/mol. The maximum absolute atomic E-state index is 11.6. The molecule has 5 nitrogen and oxygen atoms in total. The van der Waals surface area contributed by atoms with E-state index >= 15 is 0 Å². The predicted octanol–water partition coefficient (Wildman–Crippen LogP) is 4.47. The summed E-state index contributed by atoms with van der Waals surface area (Å²) in [4.78, 5) is 16.3. The minimum absolute atomic E-state index is 0.406. The second-order valence-corrected chi connectivity index (χ2v) is 9.18. The fourth-order valence-corrected chi connectivity index (χ4v) is 5.29. The summed E-state index contributed by atoms with van der Waals surface area (Å²) in [6.07, 6.45) is 15.2. The lowest BCUT2D eigenvalue weighted by Crippen LogP contribution is -2.20. The minimum atomic E-state index is -0.746. The summed E-state index contributed by atoms with van der Waals surface area (Å²) in [7, 11) is 0. The molecule has 162 valence electrons. The number of aliphatic carboxylic acids is 1. The molecule has 1 aliphatic heterocycles. The molecule has 0 bridgehead atoms. The van der Waals surface area contributed by atoms with Crippen molar-refractivity contribution in [3.05, 3.63) is 47.0 Å². The van der Waals surface area contributed by atoms with Crippen LogP contribution in [0.4, 0.5) is 0 Å². The van der Waals surface area contributed by atoms with Crippen molar-refractivity contribution in [3.8, 4) is 5.69 Å². The predicted molar refractivity (Wildman–Crippen MR) is 119 cm³/mol. The molecule has 0 radical (unpaired) electrons. The molecule has 2 aliphatic rings. The highest BCUT2D eigenvalue weighted by molar-refractivity contribution is 5.70. The van der Waals surface area contributed by atoms with E-state index in [1.807, 2.05) is 6.33 Å². The number of hydrogen-bond donors (Lipinski definition) is 2. The molecule has 1 aromatic heterocycles. The Balaban J connectivity index is 1.46. The molecule has 0 saturated heterocycles. The first-order chi connectivity index (χ1) is 14.7. The number of benzene rings is 1. The van der Waals surface area contributed by atoms with Gasteiger partial charge in [0.05, 0.1) is 17.9 Å². The number of carboxylic acids is 1. The second kappa shape index (κ2) is 9.78. The van der Waals surface area contributed by atoms with E-state index in [1.165, 1.54) is 67.5 Å². The first-order valence-electron chi connectivity index (χ1n) is 11.8. The van der Waals surface area contributed by atoms with Crippen LogP contribution in [0.25, 0.3) is 5.69 Å². The fourth-order valence-electron chi connectivity index (χ4n) is 5.29. The molecule has 1 aromatic carbocycles. The van der Waals surface area contributed by atoms with Gasteiger partial charge >= 0.3 is 5.97 Å². The molecule has 5 heteroatoms. The van der Waals surface area contributed by atoms with Crippen LogP contribution in [-0.4, -0.2) is 27.2 Å². The van der Waals surface area contributed by atoms with Gasteiger partial charge in [0.25, 0.3) is 0 Å². The van der Waals surface area contributed by atoms with Crippen molar-refractivity contribution in [1.29, 1.82) is 0 Å². The van der Waals surface area contributed by atoms with Crippen molar-refractivity contribution in [3.63, 3.8) is 0 Å². The van der Waals surface area contributed by atoms with Crippen LogP contribution in [0.5, 0.6) is 0 Å². The van der Waals surface area contributed by atoms with Gasteiger partial charge in [0, 0.05) is 17.8 Å². The third-order valence-electron chi connectivity index (χ3n) is 7.10. The molecule has 2 heterocycles. The van der Waals surface area contributed by atoms with Crippen LogP contribution in [0, 0.1) is 11.8 Å². The molecule has 30 heavy (non-hydrogen) atoms. The molecular formula is C25H35N3O2. The Morgan fingerprint density at radius 1 is 1.23 bits per heavy atom. The number of hydrogen-bond acceptors (Lipinski definition) is 3. The van der Waals surface area contributed by atoms with Gasteiger partial charge in [0.2, 0.25) is 0 Å². The highest BCUT2D eigenvalue weighted by Gasteiger charge is 2.25. The van der Waals surface area contributed by atoms with Crippen LogP contribution >= 0.6 is 0 Å². The Morgan fingerprint density at radius 3 is 2.83 bits per heavy atom. The first kappa shape index (κ1) is 21.1. The Hall–Kier alpha value is -2.14. The van der Waals surface area contributed by atoms with Gasteiger partial charge in [-0.2, -0.15) is 0 Å². The highest BCUT2D eigenvalue weighted by atomic mass is 16.4. The summed E-state index contributed by atoms with van der Waals surface area (Å²) in [5, 5.41) is 9.56. The van der Waals surface area contributed by atoms with Gasteiger partial charge in [0.15, 0.2) is 0 Å². The Labute approximate surface area is 179 Å². The van der Waals surface area contributed by atoms with Crippen molar-refractivity contribution >= 4 is 5.97 Å². The summed E-state index contributed by atoms with van der Waals surface area (Å²) in [6.45, 7) is 0.529. The Morgan fingerprint density at radius 2 is 2.07 bits per heavy atom. The molecule has 3 N–H and O–H groups in total. The third kappa shape index (κ3) is 4.77. The van der Waals surface area contributed by atoms with Gasteiger partial charge < -0.3 is 15.4 Å². The highest BCUT2D eigenvalue weighted by Crippen LogP contribution is 2.31. The van der Waals surface area contributed by atoms with Gasteiger partial charge in [-0.15, -0.1) is 0 Å². The average molecular weight is 410 g/mol. The number of fused-ring (bicyclic) bond motifs is 3. The van der Waals surface area contributed by atoms with Crippen molar-refractivity contribution in [2.75, 3.05) is 6.54 Å². The van der Waals surface area contributed by atoms with Gasteiger partial charge in [-0.3, -0.25) is 4.79 Å². The summed E-state index contributed by atoms with van der Waals surface area (Å²) >= 11 is 0. The van der Waals surface area contributed by atoms with E-state index in [0.717, 1.165) is 30.9 Å². The molecule has 2 aromatic rings. The average Bonchev–Trinajstić information content (AvgIpc) is 3.18. The second-order valence-electron chi connectivity index (χ2n) is 9.18. The van der Waals surface area contributed by atoms with E-state index in [2.05, 4.69) is 27.8 Å². The van der Waals surface area contributed by atoms with Crippen LogP contribution in [-0.2, 0) is 30.5 Å². The Bertz CT molecular complexity index is 867. The number of carbonyl (C=O) groups is 1. The molecule has 1 atom stereocenters. The number of nitrogens with zero attached hydrogens (tertiary/aromatic N) is 2. The van der Waals surface area contributed by atoms with Crippen LogP contribution in [0.15, 0.2) is 24.5 Å². The maximum atomic E-state index is 11.6. The zero-order chi connectivity index (χ0) is 20.9. The van der Waals surface area contributed by atoms with E-state index in [9.17, 15) is 9.90 Å². The van der Waals surface area contributed by atoms with Crippen LogP contribution in [0.3, 0.4) is 0 Å². The quantitative estimate of drug-likeness (QED) is 0.640. The lowest BCUT2D eigenvalue weighted by Gasteiger charge is -2.23. The smallest absolute Gasteiger partial charge is 0.306 e. The molecule has 0 unspecified atom stereocenters. The topological polar surface area (TPSA) is 81.1 Å². The summed E-state index contributed by atoms with van der Waals surface area (Å²) in [5.41, 5.74) is 11.8. The number of aryl methyl sites for hydroxylation is 2. The number of aromatic nitrogens is 2. The molecule has 1 fully saturated rings. The molecule has 1 saturated carbocycles. The SMILES string of the molecule is NCCC[C@@H](Cc1ncn2c1CCc1cc(CCC3CCCCC3)ccc1-2)C(=O)O. The number of nitrogens with two attached hydrogens (primary N) is 1. The minimum Gasteiger partial charge on any atom is -0.481 e. The van der Waals surface area contributed by atoms with E-state index in [1.54, 1.807) is 0 Å². The van der Waals surface area contributed by atoms with Gasteiger partial charge in [-0.1, -0.05) is 44.2 Å². The van der Waals surface area contributed by atoms with Crippen molar-refractivity contribution < 1.29 is 9.90 Å². The number of carboxylic acid groups (broad SMARTS) is 1.